The quantitative estimate of drug-likeness (QED) is 0.825. The molecule has 5 heteroatoms. The lowest BCUT2D eigenvalue weighted by molar-refractivity contribution is 0.0381. The third-order valence-electron chi connectivity index (χ3n) is 2.64. The molecule has 0 saturated heterocycles. The summed E-state index contributed by atoms with van der Waals surface area (Å²) in [5.74, 6) is -1.51. The van der Waals surface area contributed by atoms with Crippen LogP contribution in [0.15, 0.2) is 16.6 Å². The fourth-order valence-corrected chi connectivity index (χ4v) is 1.89. The molecule has 3 N–H and O–H groups in total. The number of hydrogen-bond acceptors (Lipinski definition) is 2. The van der Waals surface area contributed by atoms with Crippen molar-refractivity contribution in [3.63, 3.8) is 0 Å². The van der Waals surface area contributed by atoms with E-state index >= 15 is 0 Å². The van der Waals surface area contributed by atoms with Crippen molar-refractivity contribution in [2.45, 2.75) is 32.9 Å². The molecule has 96 valence electrons. The van der Waals surface area contributed by atoms with Gasteiger partial charge in [0.2, 0.25) is 0 Å². The van der Waals surface area contributed by atoms with Crippen molar-refractivity contribution >= 4 is 15.9 Å². The average molecular weight is 308 g/mol. The second-order valence-electron chi connectivity index (χ2n) is 5.09. The van der Waals surface area contributed by atoms with Gasteiger partial charge in [-0.05, 0) is 33.5 Å². The van der Waals surface area contributed by atoms with Crippen LogP contribution < -0.4 is 5.73 Å². The lowest BCUT2D eigenvalue weighted by atomic mass is 9.82. The summed E-state index contributed by atoms with van der Waals surface area (Å²) >= 11 is 2.97. The molecule has 0 bridgehead atoms. The number of aliphatic hydroxyl groups excluding tert-OH is 1. The molecule has 0 amide bonds. The summed E-state index contributed by atoms with van der Waals surface area (Å²) in [6, 6.07) is 1.29. The molecule has 0 aliphatic heterocycles. The Labute approximate surface area is 108 Å². The molecular formula is C12H16BrF2NO. The lowest BCUT2D eigenvalue weighted by Crippen LogP contribution is -2.38. The minimum Gasteiger partial charge on any atom is -0.391 e. The Hall–Kier alpha value is -0.520. The Morgan fingerprint density at radius 3 is 2.29 bits per heavy atom. The maximum Gasteiger partial charge on any atom is 0.145 e. The van der Waals surface area contributed by atoms with Crippen molar-refractivity contribution in [3.05, 3.63) is 33.8 Å². The third kappa shape index (κ3) is 3.03. The van der Waals surface area contributed by atoms with E-state index in [1.165, 1.54) is 6.07 Å². The number of halogens is 3. The Morgan fingerprint density at radius 2 is 1.82 bits per heavy atom. The van der Waals surface area contributed by atoms with Crippen LogP contribution in [0.1, 0.15) is 32.4 Å². The second-order valence-corrected chi connectivity index (χ2v) is 5.95. The van der Waals surface area contributed by atoms with Crippen LogP contribution >= 0.6 is 15.9 Å². The molecule has 2 nitrogen and oxygen atoms in total. The van der Waals surface area contributed by atoms with Gasteiger partial charge in [-0.3, -0.25) is 0 Å². The van der Waals surface area contributed by atoms with Gasteiger partial charge in [-0.2, -0.15) is 0 Å². The van der Waals surface area contributed by atoms with Gasteiger partial charge in [0.05, 0.1) is 16.6 Å². The summed E-state index contributed by atoms with van der Waals surface area (Å²) in [5, 5.41) is 9.97. The second kappa shape index (κ2) is 5.00. The average Bonchev–Trinajstić information content (AvgIpc) is 2.21. The summed E-state index contributed by atoms with van der Waals surface area (Å²) < 4.78 is 27.5. The van der Waals surface area contributed by atoms with Crippen LogP contribution in [-0.4, -0.2) is 11.2 Å². The van der Waals surface area contributed by atoms with Crippen LogP contribution in [0, 0.1) is 17.0 Å². The standard InChI is InChI=1S/C12H16BrF2NO/c1-12(2,3)11(17)10(16)8-7(14)5-4-6(13)9(8)15/h4-5,10-11,17H,16H2,1-3H3/t10-,11-/m1/s1. The van der Waals surface area contributed by atoms with Gasteiger partial charge >= 0.3 is 0 Å². The number of nitrogens with two attached hydrogens (primary N) is 1. The molecule has 1 aromatic rings. The molecule has 0 heterocycles. The van der Waals surface area contributed by atoms with Crippen LogP contribution in [0.2, 0.25) is 0 Å². The number of rotatable bonds is 2. The van der Waals surface area contributed by atoms with Crippen molar-refractivity contribution < 1.29 is 13.9 Å². The van der Waals surface area contributed by atoms with E-state index in [2.05, 4.69) is 15.9 Å². The van der Waals surface area contributed by atoms with E-state index in [-0.39, 0.29) is 10.0 Å². The predicted molar refractivity (Wildman–Crippen MR) is 66.4 cm³/mol. The summed E-state index contributed by atoms with van der Waals surface area (Å²) in [7, 11) is 0. The van der Waals surface area contributed by atoms with Crippen LogP contribution in [0.3, 0.4) is 0 Å². The van der Waals surface area contributed by atoms with Crippen LogP contribution in [0.5, 0.6) is 0 Å². The number of hydrogen-bond donors (Lipinski definition) is 2. The monoisotopic (exact) mass is 307 g/mol. The Morgan fingerprint density at radius 1 is 1.29 bits per heavy atom. The molecule has 0 unspecified atom stereocenters. The zero-order valence-electron chi connectivity index (χ0n) is 9.97. The first-order valence-corrected chi connectivity index (χ1v) is 6.02. The Balaban J connectivity index is 3.21. The molecule has 1 rings (SSSR count). The molecule has 0 aliphatic carbocycles. The van der Waals surface area contributed by atoms with E-state index in [0.717, 1.165) is 6.07 Å². The van der Waals surface area contributed by atoms with Crippen LogP contribution in [0.4, 0.5) is 8.78 Å². The molecular weight excluding hydrogens is 292 g/mol. The van der Waals surface area contributed by atoms with Gasteiger partial charge in [0.25, 0.3) is 0 Å². The van der Waals surface area contributed by atoms with E-state index in [1.807, 2.05) is 0 Å². The number of aliphatic hydroxyl groups is 1. The highest BCUT2D eigenvalue weighted by atomic mass is 79.9. The van der Waals surface area contributed by atoms with Gasteiger partial charge < -0.3 is 10.8 Å². The van der Waals surface area contributed by atoms with Crippen molar-refractivity contribution in [3.8, 4) is 0 Å². The summed E-state index contributed by atoms with van der Waals surface area (Å²) in [6.45, 7) is 5.27. The van der Waals surface area contributed by atoms with E-state index in [0.29, 0.717) is 0 Å². The summed E-state index contributed by atoms with van der Waals surface area (Å²) in [6.07, 6.45) is -1.04. The normalized spacial score (nSPS) is 15.8. The highest BCUT2D eigenvalue weighted by molar-refractivity contribution is 9.10. The topological polar surface area (TPSA) is 46.2 Å². The summed E-state index contributed by atoms with van der Waals surface area (Å²) in [5.41, 5.74) is 4.90. The highest BCUT2D eigenvalue weighted by Crippen LogP contribution is 2.33. The van der Waals surface area contributed by atoms with Crippen molar-refractivity contribution in [2.24, 2.45) is 11.1 Å². The molecule has 0 radical (unpaired) electrons. The maximum absolute atomic E-state index is 13.8. The first-order chi connectivity index (χ1) is 7.66. The van der Waals surface area contributed by atoms with E-state index < -0.39 is 29.2 Å². The van der Waals surface area contributed by atoms with Gasteiger partial charge in [0.1, 0.15) is 11.6 Å². The lowest BCUT2D eigenvalue weighted by Gasteiger charge is -2.31. The largest absolute Gasteiger partial charge is 0.391 e. The van der Waals surface area contributed by atoms with Gasteiger partial charge in [0, 0.05) is 5.56 Å². The molecule has 0 spiro atoms. The fraction of sp³-hybridized carbons (Fsp3) is 0.500. The molecule has 0 aliphatic rings. The third-order valence-corrected chi connectivity index (χ3v) is 3.25. The minimum atomic E-state index is -1.10. The first-order valence-electron chi connectivity index (χ1n) is 5.23. The van der Waals surface area contributed by atoms with Gasteiger partial charge in [0.15, 0.2) is 0 Å². The first kappa shape index (κ1) is 14.5. The minimum absolute atomic E-state index is 0.130. The van der Waals surface area contributed by atoms with E-state index in [1.54, 1.807) is 20.8 Å². The smallest absolute Gasteiger partial charge is 0.145 e. The van der Waals surface area contributed by atoms with Gasteiger partial charge in [-0.15, -0.1) is 0 Å². The van der Waals surface area contributed by atoms with Crippen molar-refractivity contribution in [2.75, 3.05) is 0 Å². The molecule has 2 atom stereocenters. The Bertz CT molecular complexity index is 418. The molecule has 17 heavy (non-hydrogen) atoms. The van der Waals surface area contributed by atoms with Crippen LogP contribution in [-0.2, 0) is 0 Å². The van der Waals surface area contributed by atoms with Gasteiger partial charge in [-0.25, -0.2) is 8.78 Å². The zero-order chi connectivity index (χ0) is 13.4. The van der Waals surface area contributed by atoms with Crippen molar-refractivity contribution in [1.29, 1.82) is 0 Å². The highest BCUT2D eigenvalue weighted by Gasteiger charge is 2.32. The number of benzene rings is 1. The molecule has 0 aromatic heterocycles. The van der Waals surface area contributed by atoms with E-state index in [9.17, 15) is 13.9 Å². The fourth-order valence-electron chi connectivity index (χ4n) is 1.54. The van der Waals surface area contributed by atoms with E-state index in [4.69, 9.17) is 5.73 Å². The van der Waals surface area contributed by atoms with Crippen molar-refractivity contribution in [1.82, 2.24) is 0 Å². The van der Waals surface area contributed by atoms with Crippen LogP contribution in [0.25, 0.3) is 0 Å². The molecule has 0 fully saturated rings. The predicted octanol–water partition coefficient (Wildman–Crippen LogP) is 3.13. The maximum atomic E-state index is 13.8. The SMILES string of the molecule is CC(C)(C)[C@H](O)[C@H](N)c1c(F)ccc(Br)c1F. The van der Waals surface area contributed by atoms with Gasteiger partial charge in [-0.1, -0.05) is 20.8 Å². The zero-order valence-corrected chi connectivity index (χ0v) is 11.6. The molecule has 0 saturated carbocycles. The molecule has 1 aromatic carbocycles. The summed E-state index contributed by atoms with van der Waals surface area (Å²) in [4.78, 5) is 0. The Kier molecular flexibility index (Phi) is 4.28.